The van der Waals surface area contributed by atoms with Gasteiger partial charge in [0.2, 0.25) is 0 Å². The van der Waals surface area contributed by atoms with Crippen molar-refractivity contribution in [2.24, 2.45) is 0 Å². The first-order valence-corrected chi connectivity index (χ1v) is 6.27. The second-order valence-electron chi connectivity index (χ2n) is 4.77. The standard InChI is InChI=1S/C16H13NO3.Na/c1-10-5-12(6-11-3-2-4-17-9-11)7-13-8-14(16(18)19)20-15(10)13;/h2-5,7-9H,6H2,1H3,(H,18,19);/q;+1/p-1. The number of pyridine rings is 1. The van der Waals surface area contributed by atoms with Crippen LogP contribution in [0.2, 0.25) is 0 Å². The number of aromatic carboxylic acids is 1. The Kier molecular flexibility index (Phi) is 4.83. The van der Waals surface area contributed by atoms with Gasteiger partial charge in [0.25, 0.3) is 0 Å². The van der Waals surface area contributed by atoms with Gasteiger partial charge in [-0.1, -0.05) is 12.1 Å². The summed E-state index contributed by atoms with van der Waals surface area (Å²) in [5.74, 6) is -1.43. The smallest absolute Gasteiger partial charge is 0.542 e. The van der Waals surface area contributed by atoms with Gasteiger partial charge in [-0.2, -0.15) is 0 Å². The minimum absolute atomic E-state index is 0. The third-order valence-electron chi connectivity index (χ3n) is 3.19. The number of aryl methyl sites for hydroxylation is 1. The van der Waals surface area contributed by atoms with E-state index in [0.717, 1.165) is 28.5 Å². The summed E-state index contributed by atoms with van der Waals surface area (Å²) >= 11 is 0. The Hall–Kier alpha value is -1.62. The number of rotatable bonds is 3. The summed E-state index contributed by atoms with van der Waals surface area (Å²) in [6.07, 6.45) is 4.30. The first-order chi connectivity index (χ1) is 9.63. The van der Waals surface area contributed by atoms with Crippen LogP contribution in [0.5, 0.6) is 0 Å². The molecule has 0 aliphatic rings. The van der Waals surface area contributed by atoms with Crippen LogP contribution < -0.4 is 34.7 Å². The molecule has 2 heterocycles. The van der Waals surface area contributed by atoms with Crippen molar-refractivity contribution in [3.63, 3.8) is 0 Å². The van der Waals surface area contributed by atoms with Crippen molar-refractivity contribution < 1.29 is 43.9 Å². The minimum Gasteiger partial charge on any atom is -0.542 e. The van der Waals surface area contributed by atoms with Crippen LogP contribution in [0.1, 0.15) is 27.2 Å². The van der Waals surface area contributed by atoms with Crippen molar-refractivity contribution in [3.05, 3.63) is 65.2 Å². The molecule has 0 saturated carbocycles. The van der Waals surface area contributed by atoms with Crippen molar-refractivity contribution in [1.29, 1.82) is 0 Å². The van der Waals surface area contributed by atoms with E-state index < -0.39 is 5.97 Å². The third kappa shape index (κ3) is 3.35. The maximum atomic E-state index is 10.8. The van der Waals surface area contributed by atoms with Gasteiger partial charge in [-0.3, -0.25) is 4.98 Å². The third-order valence-corrected chi connectivity index (χ3v) is 3.19. The summed E-state index contributed by atoms with van der Waals surface area (Å²) < 4.78 is 5.29. The fourth-order valence-electron chi connectivity index (χ4n) is 2.35. The molecule has 3 aromatic rings. The number of hydrogen-bond acceptors (Lipinski definition) is 4. The van der Waals surface area contributed by atoms with Gasteiger partial charge in [-0.05, 0) is 48.2 Å². The van der Waals surface area contributed by atoms with Gasteiger partial charge in [0.15, 0.2) is 5.76 Å². The molecule has 0 aliphatic carbocycles. The van der Waals surface area contributed by atoms with E-state index in [1.807, 2.05) is 37.4 Å². The van der Waals surface area contributed by atoms with Crippen molar-refractivity contribution in [2.45, 2.75) is 13.3 Å². The van der Waals surface area contributed by atoms with Crippen molar-refractivity contribution in [1.82, 2.24) is 4.98 Å². The summed E-state index contributed by atoms with van der Waals surface area (Å²) in [5.41, 5.74) is 3.71. The first-order valence-electron chi connectivity index (χ1n) is 6.27. The first kappa shape index (κ1) is 15.8. The van der Waals surface area contributed by atoms with Crippen LogP contribution in [-0.2, 0) is 6.42 Å². The molecule has 0 amide bonds. The van der Waals surface area contributed by atoms with E-state index in [-0.39, 0.29) is 35.3 Å². The Balaban J connectivity index is 0.00000161. The van der Waals surface area contributed by atoms with Gasteiger partial charge in [-0.15, -0.1) is 0 Å². The Labute approximate surface area is 144 Å². The molecular weight excluding hydrogens is 277 g/mol. The van der Waals surface area contributed by atoms with E-state index in [1.165, 1.54) is 6.07 Å². The topological polar surface area (TPSA) is 66.2 Å². The van der Waals surface area contributed by atoms with Gasteiger partial charge in [-0.25, -0.2) is 0 Å². The average molecular weight is 289 g/mol. The maximum Gasteiger partial charge on any atom is 1.00 e. The largest absolute Gasteiger partial charge is 1.00 e. The second kappa shape index (κ2) is 6.43. The molecule has 100 valence electrons. The zero-order chi connectivity index (χ0) is 14.1. The molecule has 0 unspecified atom stereocenters. The van der Waals surface area contributed by atoms with Crippen LogP contribution in [0, 0.1) is 6.92 Å². The van der Waals surface area contributed by atoms with Crippen LogP contribution in [-0.4, -0.2) is 11.0 Å². The van der Waals surface area contributed by atoms with E-state index in [4.69, 9.17) is 4.42 Å². The van der Waals surface area contributed by atoms with Gasteiger partial charge in [0.1, 0.15) is 11.6 Å². The zero-order valence-corrected chi connectivity index (χ0v) is 13.9. The molecule has 0 N–H and O–H groups in total. The van der Waals surface area contributed by atoms with Crippen LogP contribution in [0.4, 0.5) is 0 Å². The van der Waals surface area contributed by atoms with Crippen molar-refractivity contribution in [3.8, 4) is 0 Å². The van der Waals surface area contributed by atoms with E-state index in [9.17, 15) is 9.90 Å². The molecule has 0 fully saturated rings. The van der Waals surface area contributed by atoms with E-state index in [2.05, 4.69) is 4.98 Å². The van der Waals surface area contributed by atoms with Gasteiger partial charge in [0, 0.05) is 17.8 Å². The maximum absolute atomic E-state index is 10.8. The van der Waals surface area contributed by atoms with E-state index in [0.29, 0.717) is 5.58 Å². The number of benzene rings is 1. The predicted octanol–water partition coefficient (Wildman–Crippen LogP) is -0.905. The molecule has 0 saturated heterocycles. The van der Waals surface area contributed by atoms with E-state index in [1.54, 1.807) is 6.20 Å². The minimum atomic E-state index is -1.30. The summed E-state index contributed by atoms with van der Waals surface area (Å²) in [6.45, 7) is 1.90. The molecule has 0 spiro atoms. The molecule has 4 nitrogen and oxygen atoms in total. The fourth-order valence-corrected chi connectivity index (χ4v) is 2.35. The van der Waals surface area contributed by atoms with Crippen LogP contribution in [0.15, 0.2) is 47.1 Å². The van der Waals surface area contributed by atoms with Crippen LogP contribution >= 0.6 is 0 Å². The van der Waals surface area contributed by atoms with Crippen molar-refractivity contribution in [2.75, 3.05) is 0 Å². The average Bonchev–Trinajstić information content (AvgIpc) is 2.84. The number of carboxylic acid groups (broad SMARTS) is 1. The molecule has 2 aromatic heterocycles. The SMILES string of the molecule is Cc1cc(Cc2cccnc2)cc2cc(C(=O)[O-])oc12.[Na+]. The number of aromatic nitrogens is 1. The fraction of sp³-hybridized carbons (Fsp3) is 0.125. The summed E-state index contributed by atoms with van der Waals surface area (Å²) in [6, 6.07) is 9.34. The van der Waals surface area contributed by atoms with Crippen molar-refractivity contribution >= 4 is 16.9 Å². The summed E-state index contributed by atoms with van der Waals surface area (Å²) in [5, 5.41) is 11.6. The molecule has 1 aromatic carbocycles. The number of carboxylic acids is 1. The Morgan fingerprint density at radius 1 is 1.29 bits per heavy atom. The van der Waals surface area contributed by atoms with Gasteiger partial charge >= 0.3 is 29.6 Å². The van der Waals surface area contributed by atoms with Crippen LogP contribution in [0.3, 0.4) is 0 Å². The molecule has 0 radical (unpaired) electrons. The molecule has 0 bridgehead atoms. The number of fused-ring (bicyclic) bond motifs is 1. The van der Waals surface area contributed by atoms with Crippen LogP contribution in [0.25, 0.3) is 11.0 Å². The second-order valence-corrected chi connectivity index (χ2v) is 4.77. The van der Waals surface area contributed by atoms with Gasteiger partial charge < -0.3 is 14.3 Å². The molecule has 3 rings (SSSR count). The molecule has 0 aliphatic heterocycles. The molecule has 21 heavy (non-hydrogen) atoms. The normalized spacial score (nSPS) is 10.3. The summed E-state index contributed by atoms with van der Waals surface area (Å²) in [7, 11) is 0. The number of nitrogens with zero attached hydrogens (tertiary/aromatic N) is 1. The Morgan fingerprint density at radius 3 is 2.76 bits per heavy atom. The van der Waals surface area contributed by atoms with E-state index >= 15 is 0 Å². The molecule has 0 atom stereocenters. The molecular formula is C16H12NNaO3. The zero-order valence-electron chi connectivity index (χ0n) is 11.9. The Morgan fingerprint density at radius 2 is 2.10 bits per heavy atom. The quantitative estimate of drug-likeness (QED) is 0.586. The Bertz CT molecular complexity index is 781. The monoisotopic (exact) mass is 289 g/mol. The van der Waals surface area contributed by atoms with Gasteiger partial charge in [0.05, 0.1) is 0 Å². The number of carbonyl (C=O) groups excluding carboxylic acids is 1. The predicted molar refractivity (Wildman–Crippen MR) is 72.3 cm³/mol. The summed E-state index contributed by atoms with van der Waals surface area (Å²) in [4.78, 5) is 14.9. The molecule has 5 heteroatoms. The number of furan rings is 1. The number of hydrogen-bond donors (Lipinski definition) is 0. The number of carbonyl (C=O) groups is 1.